The van der Waals surface area contributed by atoms with E-state index in [1.165, 1.54) is 0 Å². The van der Waals surface area contributed by atoms with Gasteiger partial charge in [-0.05, 0) is 34.6 Å². The minimum absolute atomic E-state index is 0.105. The van der Waals surface area contributed by atoms with E-state index in [1.54, 1.807) is 7.11 Å². The molecule has 3 atom stereocenters. The molecule has 0 spiro atoms. The highest BCUT2D eigenvalue weighted by atomic mass is 16.5. The maximum Gasteiger partial charge on any atom is 0.0757 e. The Kier molecular flexibility index (Phi) is 4.58. The van der Waals surface area contributed by atoms with Crippen molar-refractivity contribution in [1.29, 1.82) is 0 Å². The van der Waals surface area contributed by atoms with E-state index in [0.717, 1.165) is 13.1 Å². The Bertz CT molecular complexity index is 258. The van der Waals surface area contributed by atoms with Crippen molar-refractivity contribution in [1.82, 2.24) is 4.90 Å². The van der Waals surface area contributed by atoms with Crippen molar-refractivity contribution < 1.29 is 9.47 Å². The molecule has 0 aliphatic carbocycles. The van der Waals surface area contributed by atoms with Gasteiger partial charge in [0, 0.05) is 26.7 Å². The molecule has 2 N–H and O–H groups in total. The standard InChI is InChI=1S/C13H28N2O2/c1-10-7-15(9-12(3,4)17-10)13(5,8-14)11(2)16-6/h10-11H,7-9,14H2,1-6H3. The van der Waals surface area contributed by atoms with Gasteiger partial charge >= 0.3 is 0 Å². The predicted octanol–water partition coefficient (Wildman–Crippen LogP) is 1.24. The fourth-order valence-electron chi connectivity index (χ4n) is 2.65. The van der Waals surface area contributed by atoms with Gasteiger partial charge in [-0.1, -0.05) is 0 Å². The van der Waals surface area contributed by atoms with Crippen molar-refractivity contribution >= 4 is 0 Å². The number of methoxy groups -OCH3 is 1. The first-order valence-electron chi connectivity index (χ1n) is 6.41. The molecule has 4 heteroatoms. The Hall–Kier alpha value is -0.160. The Balaban J connectivity index is 2.88. The zero-order valence-corrected chi connectivity index (χ0v) is 12.1. The van der Waals surface area contributed by atoms with Gasteiger partial charge in [0.25, 0.3) is 0 Å². The lowest BCUT2D eigenvalue weighted by Crippen LogP contribution is -2.66. The number of ether oxygens (including phenoxy) is 2. The number of hydrogen-bond donors (Lipinski definition) is 1. The van der Waals surface area contributed by atoms with Gasteiger partial charge in [-0.15, -0.1) is 0 Å². The SMILES string of the molecule is COC(C)C(C)(CN)N1CC(C)OC(C)(C)C1. The quantitative estimate of drug-likeness (QED) is 0.808. The zero-order valence-electron chi connectivity index (χ0n) is 12.1. The lowest BCUT2D eigenvalue weighted by atomic mass is 9.90. The van der Waals surface area contributed by atoms with Gasteiger partial charge in [0.15, 0.2) is 0 Å². The molecular formula is C13H28N2O2. The second kappa shape index (κ2) is 5.22. The molecule has 102 valence electrons. The fraction of sp³-hybridized carbons (Fsp3) is 1.00. The molecule has 1 fully saturated rings. The Morgan fingerprint density at radius 1 is 1.59 bits per heavy atom. The van der Waals surface area contributed by atoms with E-state index in [0.29, 0.717) is 6.54 Å². The lowest BCUT2D eigenvalue weighted by Gasteiger charge is -2.51. The van der Waals surface area contributed by atoms with Crippen LogP contribution < -0.4 is 5.73 Å². The molecule has 1 saturated heterocycles. The molecule has 0 bridgehead atoms. The van der Waals surface area contributed by atoms with Gasteiger partial charge in [-0.3, -0.25) is 4.90 Å². The van der Waals surface area contributed by atoms with Crippen LogP contribution in [0, 0.1) is 0 Å². The maximum absolute atomic E-state index is 5.99. The molecule has 3 unspecified atom stereocenters. The first kappa shape index (κ1) is 14.9. The summed E-state index contributed by atoms with van der Waals surface area (Å²) < 4.78 is 11.4. The minimum Gasteiger partial charge on any atom is -0.380 e. The largest absolute Gasteiger partial charge is 0.380 e. The summed E-state index contributed by atoms with van der Waals surface area (Å²) in [4.78, 5) is 2.41. The van der Waals surface area contributed by atoms with Gasteiger partial charge in [0.05, 0.1) is 23.3 Å². The van der Waals surface area contributed by atoms with Crippen LogP contribution in [0.15, 0.2) is 0 Å². The molecular weight excluding hydrogens is 216 g/mol. The summed E-state index contributed by atoms with van der Waals surface area (Å²) in [5, 5.41) is 0. The monoisotopic (exact) mass is 244 g/mol. The number of nitrogens with zero attached hydrogens (tertiary/aromatic N) is 1. The number of rotatable bonds is 4. The molecule has 0 saturated carbocycles. The molecule has 4 nitrogen and oxygen atoms in total. The lowest BCUT2D eigenvalue weighted by molar-refractivity contribution is -0.166. The van der Waals surface area contributed by atoms with Gasteiger partial charge in [0.2, 0.25) is 0 Å². The van der Waals surface area contributed by atoms with Gasteiger partial charge in [-0.2, -0.15) is 0 Å². The molecule has 0 aromatic carbocycles. The molecule has 1 aliphatic rings. The van der Waals surface area contributed by atoms with Crippen LogP contribution in [0.5, 0.6) is 0 Å². The van der Waals surface area contributed by atoms with Crippen molar-refractivity contribution in [2.24, 2.45) is 5.73 Å². The molecule has 17 heavy (non-hydrogen) atoms. The average molecular weight is 244 g/mol. The fourth-order valence-corrected chi connectivity index (χ4v) is 2.65. The normalized spacial score (nSPS) is 30.9. The highest BCUT2D eigenvalue weighted by Gasteiger charge is 2.43. The van der Waals surface area contributed by atoms with Crippen LogP contribution in [-0.2, 0) is 9.47 Å². The van der Waals surface area contributed by atoms with Gasteiger partial charge < -0.3 is 15.2 Å². The third-order valence-electron chi connectivity index (χ3n) is 3.93. The summed E-state index contributed by atoms with van der Waals surface area (Å²) in [6, 6.07) is 0. The highest BCUT2D eigenvalue weighted by Crippen LogP contribution is 2.29. The summed E-state index contributed by atoms with van der Waals surface area (Å²) in [7, 11) is 1.74. The van der Waals surface area contributed by atoms with E-state index in [2.05, 4.69) is 39.5 Å². The molecule has 0 amide bonds. The zero-order chi connectivity index (χ0) is 13.3. The second-order valence-corrected chi connectivity index (χ2v) is 6.01. The molecule has 0 aromatic rings. The van der Waals surface area contributed by atoms with Crippen molar-refractivity contribution in [2.75, 3.05) is 26.7 Å². The Labute approximate surface area is 105 Å². The number of hydrogen-bond acceptors (Lipinski definition) is 4. The third kappa shape index (κ3) is 3.19. The van der Waals surface area contributed by atoms with E-state index >= 15 is 0 Å². The first-order chi connectivity index (χ1) is 7.75. The van der Waals surface area contributed by atoms with E-state index in [-0.39, 0.29) is 23.3 Å². The van der Waals surface area contributed by atoms with Crippen molar-refractivity contribution in [2.45, 2.75) is 58.0 Å². The van der Waals surface area contributed by atoms with E-state index in [9.17, 15) is 0 Å². The van der Waals surface area contributed by atoms with E-state index in [4.69, 9.17) is 15.2 Å². The highest BCUT2D eigenvalue weighted by molar-refractivity contribution is 4.98. The molecule has 0 aromatic heterocycles. The van der Waals surface area contributed by atoms with Crippen molar-refractivity contribution in [3.05, 3.63) is 0 Å². The summed E-state index contributed by atoms with van der Waals surface area (Å²) in [6.45, 7) is 13.0. The molecule has 1 aliphatic heterocycles. The number of morpholine rings is 1. The Morgan fingerprint density at radius 2 is 2.18 bits per heavy atom. The number of nitrogens with two attached hydrogens (primary N) is 1. The topological polar surface area (TPSA) is 47.7 Å². The summed E-state index contributed by atoms with van der Waals surface area (Å²) in [5.74, 6) is 0. The van der Waals surface area contributed by atoms with Gasteiger partial charge in [0.1, 0.15) is 0 Å². The summed E-state index contributed by atoms with van der Waals surface area (Å²) >= 11 is 0. The minimum atomic E-state index is -0.135. The molecule has 0 radical (unpaired) electrons. The van der Waals surface area contributed by atoms with Crippen LogP contribution in [0.4, 0.5) is 0 Å². The third-order valence-corrected chi connectivity index (χ3v) is 3.93. The molecule has 1 heterocycles. The molecule has 1 rings (SSSR count). The van der Waals surface area contributed by atoms with Crippen LogP contribution in [0.2, 0.25) is 0 Å². The maximum atomic E-state index is 5.99. The van der Waals surface area contributed by atoms with Crippen LogP contribution in [-0.4, -0.2) is 55.0 Å². The van der Waals surface area contributed by atoms with E-state index < -0.39 is 0 Å². The predicted molar refractivity (Wildman–Crippen MR) is 70.1 cm³/mol. The van der Waals surface area contributed by atoms with Crippen LogP contribution in [0.1, 0.15) is 34.6 Å². The Morgan fingerprint density at radius 3 is 2.59 bits per heavy atom. The summed E-state index contributed by atoms with van der Waals surface area (Å²) in [5.41, 5.74) is 5.73. The van der Waals surface area contributed by atoms with Gasteiger partial charge in [-0.25, -0.2) is 0 Å². The van der Waals surface area contributed by atoms with E-state index in [1.807, 2.05) is 0 Å². The van der Waals surface area contributed by atoms with Crippen molar-refractivity contribution in [3.63, 3.8) is 0 Å². The van der Waals surface area contributed by atoms with Crippen molar-refractivity contribution in [3.8, 4) is 0 Å². The first-order valence-corrected chi connectivity index (χ1v) is 6.41. The summed E-state index contributed by atoms with van der Waals surface area (Å²) in [6.07, 6.45) is 0.335. The van der Waals surface area contributed by atoms with Crippen LogP contribution >= 0.6 is 0 Å². The average Bonchev–Trinajstić information content (AvgIpc) is 2.24. The van der Waals surface area contributed by atoms with Crippen LogP contribution in [0.25, 0.3) is 0 Å². The second-order valence-electron chi connectivity index (χ2n) is 6.01. The smallest absolute Gasteiger partial charge is 0.0757 e. The van der Waals surface area contributed by atoms with Crippen LogP contribution in [0.3, 0.4) is 0 Å².